The van der Waals surface area contributed by atoms with Gasteiger partial charge in [-0.15, -0.1) is 11.3 Å². The van der Waals surface area contributed by atoms with E-state index in [1.807, 2.05) is 6.20 Å². The molecule has 2 heterocycles. The standard InChI is InChI=1S/C17H28N6OS/c1-3-18-17(20-11-16-19-10-13(2)25-16)23-8-6-22(7-9-23)12-15(24)21-14-4-5-14/h10,14H,3-9,11-12H2,1-2H3,(H,18,20)(H,21,24). The molecule has 0 radical (unpaired) electrons. The molecule has 2 N–H and O–H groups in total. The Balaban J connectivity index is 1.48. The van der Waals surface area contributed by atoms with Crippen LogP contribution in [0.2, 0.25) is 0 Å². The third-order valence-electron chi connectivity index (χ3n) is 4.35. The van der Waals surface area contributed by atoms with Crippen LogP contribution < -0.4 is 10.6 Å². The van der Waals surface area contributed by atoms with Crippen molar-refractivity contribution in [2.24, 2.45) is 4.99 Å². The number of nitrogens with one attached hydrogen (secondary N) is 2. The van der Waals surface area contributed by atoms with E-state index in [0.717, 1.165) is 56.5 Å². The van der Waals surface area contributed by atoms with Crippen LogP contribution in [0.25, 0.3) is 0 Å². The predicted molar refractivity (Wildman–Crippen MR) is 101 cm³/mol. The van der Waals surface area contributed by atoms with Crippen LogP contribution in [-0.2, 0) is 11.3 Å². The Morgan fingerprint density at radius 1 is 1.36 bits per heavy atom. The summed E-state index contributed by atoms with van der Waals surface area (Å²) in [5.41, 5.74) is 0. The van der Waals surface area contributed by atoms with E-state index < -0.39 is 0 Å². The van der Waals surface area contributed by atoms with Crippen molar-refractivity contribution in [1.29, 1.82) is 0 Å². The van der Waals surface area contributed by atoms with Gasteiger partial charge in [-0.1, -0.05) is 0 Å². The van der Waals surface area contributed by atoms with Crippen LogP contribution >= 0.6 is 11.3 Å². The molecule has 2 aliphatic rings. The first-order valence-electron chi connectivity index (χ1n) is 9.10. The van der Waals surface area contributed by atoms with E-state index in [9.17, 15) is 4.79 Å². The average molecular weight is 365 g/mol. The number of carbonyl (C=O) groups excluding carboxylic acids is 1. The number of aromatic nitrogens is 1. The lowest BCUT2D eigenvalue weighted by atomic mass is 10.3. The summed E-state index contributed by atoms with van der Waals surface area (Å²) in [6.45, 7) is 9.67. The molecule has 1 saturated carbocycles. The summed E-state index contributed by atoms with van der Waals surface area (Å²) in [5.74, 6) is 1.10. The lowest BCUT2D eigenvalue weighted by Crippen LogP contribution is -2.54. The van der Waals surface area contributed by atoms with E-state index in [4.69, 9.17) is 4.99 Å². The van der Waals surface area contributed by atoms with Gasteiger partial charge in [0, 0.05) is 49.8 Å². The van der Waals surface area contributed by atoms with Crippen LogP contribution in [0.3, 0.4) is 0 Å². The Morgan fingerprint density at radius 2 is 2.12 bits per heavy atom. The second-order valence-electron chi connectivity index (χ2n) is 6.64. The number of amides is 1. The first-order chi connectivity index (χ1) is 12.1. The molecule has 0 bridgehead atoms. The third kappa shape index (κ3) is 5.67. The zero-order valence-corrected chi connectivity index (χ0v) is 15.9. The summed E-state index contributed by atoms with van der Waals surface area (Å²) in [7, 11) is 0. The number of guanidine groups is 1. The average Bonchev–Trinajstić information content (AvgIpc) is 3.31. The second-order valence-corrected chi connectivity index (χ2v) is 7.96. The van der Waals surface area contributed by atoms with Gasteiger partial charge in [0.15, 0.2) is 5.96 Å². The Labute approximate surface area is 153 Å². The van der Waals surface area contributed by atoms with Crippen molar-refractivity contribution in [3.05, 3.63) is 16.1 Å². The van der Waals surface area contributed by atoms with Gasteiger partial charge in [0.2, 0.25) is 5.91 Å². The fourth-order valence-corrected chi connectivity index (χ4v) is 3.58. The smallest absolute Gasteiger partial charge is 0.234 e. The molecule has 0 unspecified atom stereocenters. The van der Waals surface area contributed by atoms with Crippen LogP contribution in [0.4, 0.5) is 0 Å². The Kier molecular flexibility index (Phi) is 6.25. The first-order valence-corrected chi connectivity index (χ1v) is 9.92. The largest absolute Gasteiger partial charge is 0.357 e. The van der Waals surface area contributed by atoms with Gasteiger partial charge in [0.25, 0.3) is 0 Å². The fourth-order valence-electron chi connectivity index (χ4n) is 2.86. The molecule has 25 heavy (non-hydrogen) atoms. The molecule has 1 amide bonds. The van der Waals surface area contributed by atoms with E-state index in [1.165, 1.54) is 4.88 Å². The molecule has 3 rings (SSSR count). The number of nitrogens with zero attached hydrogens (tertiary/aromatic N) is 4. The molecule has 1 saturated heterocycles. The van der Waals surface area contributed by atoms with Crippen LogP contribution in [0, 0.1) is 6.92 Å². The molecule has 138 valence electrons. The zero-order valence-electron chi connectivity index (χ0n) is 15.1. The lowest BCUT2D eigenvalue weighted by Gasteiger charge is -2.36. The van der Waals surface area contributed by atoms with Gasteiger partial charge in [-0.05, 0) is 26.7 Å². The van der Waals surface area contributed by atoms with E-state index >= 15 is 0 Å². The molecule has 1 aliphatic carbocycles. The fraction of sp³-hybridized carbons (Fsp3) is 0.706. The summed E-state index contributed by atoms with van der Waals surface area (Å²) in [4.78, 5) is 26.8. The maximum atomic E-state index is 11.9. The molecule has 0 atom stereocenters. The van der Waals surface area contributed by atoms with E-state index in [1.54, 1.807) is 11.3 Å². The van der Waals surface area contributed by atoms with Crippen molar-refractivity contribution >= 4 is 23.2 Å². The Hall–Kier alpha value is -1.67. The summed E-state index contributed by atoms with van der Waals surface area (Å²) in [6, 6.07) is 0.441. The number of piperazine rings is 1. The van der Waals surface area contributed by atoms with Crippen LogP contribution in [0.15, 0.2) is 11.2 Å². The monoisotopic (exact) mass is 364 g/mol. The van der Waals surface area contributed by atoms with Gasteiger partial charge in [-0.25, -0.2) is 9.98 Å². The number of rotatable bonds is 6. The van der Waals surface area contributed by atoms with Crippen LogP contribution in [0.1, 0.15) is 29.7 Å². The van der Waals surface area contributed by atoms with Gasteiger partial charge >= 0.3 is 0 Å². The van der Waals surface area contributed by atoms with Crippen molar-refractivity contribution < 1.29 is 4.79 Å². The maximum absolute atomic E-state index is 11.9. The van der Waals surface area contributed by atoms with Gasteiger partial charge in [0.05, 0.1) is 13.1 Å². The quantitative estimate of drug-likeness (QED) is 0.577. The van der Waals surface area contributed by atoms with E-state index in [2.05, 4.69) is 39.3 Å². The molecule has 0 aromatic carbocycles. The van der Waals surface area contributed by atoms with E-state index in [0.29, 0.717) is 19.1 Å². The van der Waals surface area contributed by atoms with Gasteiger partial charge in [0.1, 0.15) is 5.01 Å². The van der Waals surface area contributed by atoms with E-state index in [-0.39, 0.29) is 5.91 Å². The summed E-state index contributed by atoms with van der Waals surface area (Å²) >= 11 is 1.69. The molecular weight excluding hydrogens is 336 g/mol. The Morgan fingerprint density at radius 3 is 2.72 bits per heavy atom. The Bertz CT molecular complexity index is 604. The minimum absolute atomic E-state index is 0.163. The van der Waals surface area contributed by atoms with Gasteiger partial charge < -0.3 is 15.5 Å². The molecule has 8 heteroatoms. The van der Waals surface area contributed by atoms with Crippen molar-refractivity contribution in [3.8, 4) is 0 Å². The zero-order chi connectivity index (χ0) is 17.6. The highest BCUT2D eigenvalue weighted by molar-refractivity contribution is 7.11. The number of thiazole rings is 1. The summed E-state index contributed by atoms with van der Waals surface area (Å²) in [6.07, 6.45) is 4.18. The van der Waals surface area contributed by atoms with Crippen molar-refractivity contribution in [2.75, 3.05) is 39.3 Å². The second kappa shape index (κ2) is 8.62. The third-order valence-corrected chi connectivity index (χ3v) is 5.25. The molecule has 7 nitrogen and oxygen atoms in total. The minimum atomic E-state index is 0.163. The topological polar surface area (TPSA) is 72.9 Å². The SMILES string of the molecule is CCNC(=NCc1ncc(C)s1)N1CCN(CC(=O)NC2CC2)CC1. The number of aliphatic imine (C=N–C) groups is 1. The molecule has 1 aromatic heterocycles. The molecule has 2 fully saturated rings. The number of carbonyl (C=O) groups is 1. The van der Waals surface area contributed by atoms with Gasteiger partial charge in [-0.3, -0.25) is 9.69 Å². The molecule has 1 aromatic rings. The predicted octanol–water partition coefficient (Wildman–Crippen LogP) is 0.813. The van der Waals surface area contributed by atoms with Crippen molar-refractivity contribution in [2.45, 2.75) is 39.3 Å². The van der Waals surface area contributed by atoms with Crippen LogP contribution in [-0.4, -0.2) is 72.0 Å². The number of hydrogen-bond acceptors (Lipinski definition) is 5. The maximum Gasteiger partial charge on any atom is 0.234 e. The summed E-state index contributed by atoms with van der Waals surface area (Å²) in [5, 5.41) is 7.48. The van der Waals surface area contributed by atoms with Crippen LogP contribution in [0.5, 0.6) is 0 Å². The normalized spacial score (nSPS) is 19.1. The minimum Gasteiger partial charge on any atom is -0.357 e. The highest BCUT2D eigenvalue weighted by Crippen LogP contribution is 2.18. The highest BCUT2D eigenvalue weighted by Gasteiger charge is 2.25. The first kappa shape index (κ1) is 18.1. The van der Waals surface area contributed by atoms with Crippen molar-refractivity contribution in [1.82, 2.24) is 25.4 Å². The summed E-state index contributed by atoms with van der Waals surface area (Å²) < 4.78 is 0. The molecule has 0 spiro atoms. The molecular formula is C17H28N6OS. The lowest BCUT2D eigenvalue weighted by molar-refractivity contribution is -0.122. The van der Waals surface area contributed by atoms with Crippen molar-refractivity contribution in [3.63, 3.8) is 0 Å². The number of aryl methyl sites for hydroxylation is 1. The number of hydrogen-bond donors (Lipinski definition) is 2. The molecule has 1 aliphatic heterocycles. The highest BCUT2D eigenvalue weighted by atomic mass is 32.1. The van der Waals surface area contributed by atoms with Gasteiger partial charge in [-0.2, -0.15) is 0 Å².